The molecule has 0 radical (unpaired) electrons. The van der Waals surface area contributed by atoms with Gasteiger partial charge in [-0.1, -0.05) is 176 Å². The number of rotatable bonds is 4. The smallest absolute Gasteiger partial charge is 0.169 e. The highest BCUT2D eigenvalue weighted by Gasteiger charge is 2.56. The molecule has 13 rings (SSSR count). The highest BCUT2D eigenvalue weighted by Crippen LogP contribution is 2.65. The summed E-state index contributed by atoms with van der Waals surface area (Å²) in [6, 6.07) is 61.3. The van der Waals surface area contributed by atoms with Gasteiger partial charge < -0.3 is 9.73 Å². The van der Waals surface area contributed by atoms with Crippen LogP contribution in [0.1, 0.15) is 56.6 Å². The van der Waals surface area contributed by atoms with E-state index < -0.39 is 6.17 Å². The van der Waals surface area contributed by atoms with E-state index in [1.807, 2.05) is 30.3 Å². The van der Waals surface area contributed by atoms with E-state index in [1.54, 1.807) is 0 Å². The summed E-state index contributed by atoms with van der Waals surface area (Å²) in [5, 5.41) is 11.2. The van der Waals surface area contributed by atoms with Crippen molar-refractivity contribution in [3.8, 4) is 0 Å². The molecule has 1 N–H and O–H groups in total. The fourth-order valence-corrected chi connectivity index (χ4v) is 10.8. The fraction of sp³-hybridized carbons (Fsp3) is 0.0741. The summed E-state index contributed by atoms with van der Waals surface area (Å²) in [4.78, 5) is 10.5. The van der Waals surface area contributed by atoms with E-state index in [0.717, 1.165) is 50.3 Å². The molecule has 4 nitrogen and oxygen atoms in total. The van der Waals surface area contributed by atoms with Crippen LogP contribution in [0.25, 0.3) is 49.1 Å². The molecule has 0 fully saturated rings. The molecule has 3 atom stereocenters. The van der Waals surface area contributed by atoms with Crippen LogP contribution in [0, 0.1) is 5.92 Å². The SMILES string of the molecule is C1=CC2c3ccccc3C3(c4cccc5ccc6cccc3c6c45)C2C=C1c1ccc(C2N=C(c3ccccc3)NC(c3cccc4c3oc3ccccc34)=N2)cc1. The van der Waals surface area contributed by atoms with Crippen LogP contribution in [0.3, 0.4) is 0 Å². The van der Waals surface area contributed by atoms with Crippen molar-refractivity contribution in [2.75, 3.05) is 0 Å². The first kappa shape index (κ1) is 31.9. The van der Waals surface area contributed by atoms with Crippen molar-refractivity contribution in [1.29, 1.82) is 0 Å². The standard InChI is InChI=1S/C54H35N3O/c1-2-11-35(12-3-1)51-55-52(57-53(56-51)42-18-10-17-41-40-16-5-7-22-47(40)58-50(41)42)36-27-23-32(24-28-36)37-29-30-39-38-15-4-6-19-43(38)54(46(39)31-37)44-20-8-13-33-25-26-34-14-9-21-45(54)49(34)48(33)44/h1-31,39,46,52H,(H,55,56,57). The molecule has 8 aromatic carbocycles. The lowest BCUT2D eigenvalue weighted by Gasteiger charge is -2.37. The van der Waals surface area contributed by atoms with Gasteiger partial charge in [0.05, 0.1) is 11.0 Å². The van der Waals surface area contributed by atoms with Gasteiger partial charge in [0.15, 0.2) is 6.17 Å². The minimum atomic E-state index is -0.439. The molecule has 58 heavy (non-hydrogen) atoms. The van der Waals surface area contributed by atoms with Crippen molar-refractivity contribution in [2.24, 2.45) is 15.9 Å². The van der Waals surface area contributed by atoms with Gasteiger partial charge >= 0.3 is 0 Å². The number of aliphatic imine (C=N–C) groups is 2. The first-order valence-corrected chi connectivity index (χ1v) is 20.2. The van der Waals surface area contributed by atoms with Crippen molar-refractivity contribution in [3.63, 3.8) is 0 Å². The second-order valence-electron chi connectivity index (χ2n) is 16.0. The highest BCUT2D eigenvalue weighted by atomic mass is 16.3. The van der Waals surface area contributed by atoms with Crippen LogP contribution in [-0.4, -0.2) is 11.7 Å². The summed E-state index contributed by atoms with van der Waals surface area (Å²) in [6.07, 6.45) is 6.94. The Morgan fingerprint density at radius 3 is 2.02 bits per heavy atom. The van der Waals surface area contributed by atoms with Gasteiger partial charge in [0.2, 0.25) is 0 Å². The van der Waals surface area contributed by atoms with Crippen LogP contribution in [0.2, 0.25) is 0 Å². The van der Waals surface area contributed by atoms with Crippen LogP contribution in [-0.2, 0) is 5.41 Å². The maximum atomic E-state index is 6.46. The number of allylic oxidation sites excluding steroid dienone is 4. The number of hydrogen-bond donors (Lipinski definition) is 1. The van der Waals surface area contributed by atoms with E-state index in [1.165, 1.54) is 54.9 Å². The van der Waals surface area contributed by atoms with Crippen LogP contribution >= 0.6 is 0 Å². The van der Waals surface area contributed by atoms with Crippen LogP contribution in [0.15, 0.2) is 202 Å². The molecule has 0 saturated carbocycles. The number of amidine groups is 2. The maximum Gasteiger partial charge on any atom is 0.169 e. The molecule has 1 aliphatic heterocycles. The van der Waals surface area contributed by atoms with Crippen molar-refractivity contribution in [3.05, 3.63) is 233 Å². The lowest BCUT2D eigenvalue weighted by molar-refractivity contribution is 0.468. The van der Waals surface area contributed by atoms with E-state index >= 15 is 0 Å². The number of hydrogen-bond acceptors (Lipinski definition) is 4. The number of nitrogens with one attached hydrogen (secondary N) is 1. The minimum Gasteiger partial charge on any atom is -0.455 e. The molecule has 0 amide bonds. The van der Waals surface area contributed by atoms with Gasteiger partial charge in [-0.15, -0.1) is 0 Å². The fourth-order valence-electron chi connectivity index (χ4n) is 10.8. The van der Waals surface area contributed by atoms with Crippen molar-refractivity contribution < 1.29 is 4.42 Å². The molecule has 2 heterocycles. The number of para-hydroxylation sites is 2. The normalized spacial score (nSPS) is 19.7. The molecule has 3 unspecified atom stereocenters. The van der Waals surface area contributed by atoms with Gasteiger partial charge in [0, 0.05) is 28.2 Å². The molecule has 9 aromatic rings. The van der Waals surface area contributed by atoms with Gasteiger partial charge in [0.25, 0.3) is 0 Å². The topological polar surface area (TPSA) is 49.9 Å². The van der Waals surface area contributed by atoms with Gasteiger partial charge in [-0.05, 0) is 72.6 Å². The number of benzene rings is 8. The predicted molar refractivity (Wildman–Crippen MR) is 237 cm³/mol. The monoisotopic (exact) mass is 741 g/mol. The molecule has 4 heteroatoms. The number of nitrogens with zero attached hydrogens (tertiary/aromatic N) is 2. The zero-order valence-corrected chi connectivity index (χ0v) is 31.4. The molecule has 1 aromatic heterocycles. The summed E-state index contributed by atoms with van der Waals surface area (Å²) in [5.41, 5.74) is 12.5. The van der Waals surface area contributed by atoms with Gasteiger partial charge in [-0.25, -0.2) is 9.98 Å². The molecule has 0 saturated heterocycles. The zero-order valence-electron chi connectivity index (χ0n) is 31.4. The van der Waals surface area contributed by atoms with E-state index in [4.69, 9.17) is 14.4 Å². The van der Waals surface area contributed by atoms with E-state index in [9.17, 15) is 0 Å². The van der Waals surface area contributed by atoms with Crippen molar-refractivity contribution in [2.45, 2.75) is 17.5 Å². The largest absolute Gasteiger partial charge is 0.455 e. The molecule has 272 valence electrons. The maximum absolute atomic E-state index is 6.46. The van der Waals surface area contributed by atoms with E-state index in [-0.39, 0.29) is 17.3 Å². The second-order valence-corrected chi connectivity index (χ2v) is 16.0. The van der Waals surface area contributed by atoms with E-state index in [0.29, 0.717) is 0 Å². The summed E-state index contributed by atoms with van der Waals surface area (Å²) in [6.45, 7) is 0. The average Bonchev–Trinajstić information content (AvgIpc) is 3.93. The van der Waals surface area contributed by atoms with Gasteiger partial charge in [-0.2, -0.15) is 0 Å². The molecular formula is C54H35N3O. The number of fused-ring (bicyclic) bond motifs is 10. The van der Waals surface area contributed by atoms with Crippen LogP contribution in [0.4, 0.5) is 0 Å². The Morgan fingerprint density at radius 1 is 0.534 bits per heavy atom. The van der Waals surface area contributed by atoms with Crippen LogP contribution in [0.5, 0.6) is 0 Å². The molecular weight excluding hydrogens is 707 g/mol. The van der Waals surface area contributed by atoms with Crippen molar-refractivity contribution >= 4 is 60.7 Å². The third-order valence-corrected chi connectivity index (χ3v) is 13.2. The summed E-state index contributed by atoms with van der Waals surface area (Å²) < 4.78 is 6.46. The lowest BCUT2D eigenvalue weighted by atomic mass is 9.64. The molecule has 3 aliphatic carbocycles. The Morgan fingerprint density at radius 2 is 1.21 bits per heavy atom. The van der Waals surface area contributed by atoms with E-state index in [2.05, 4.69) is 163 Å². The average molecular weight is 742 g/mol. The molecule has 1 spiro atoms. The quantitative estimate of drug-likeness (QED) is 0.183. The summed E-state index contributed by atoms with van der Waals surface area (Å²) >= 11 is 0. The van der Waals surface area contributed by atoms with Crippen molar-refractivity contribution in [1.82, 2.24) is 5.32 Å². The Kier molecular flexibility index (Phi) is 6.51. The summed E-state index contributed by atoms with van der Waals surface area (Å²) in [5.74, 6) is 2.03. The second kappa shape index (κ2) is 11.9. The minimum absolute atomic E-state index is 0.226. The third kappa shape index (κ3) is 4.29. The predicted octanol–water partition coefficient (Wildman–Crippen LogP) is 12.4. The molecule has 4 aliphatic rings. The van der Waals surface area contributed by atoms with Gasteiger partial charge in [-0.3, -0.25) is 0 Å². The Bertz CT molecular complexity index is 3270. The highest BCUT2D eigenvalue weighted by molar-refractivity contribution is 6.21. The first-order valence-electron chi connectivity index (χ1n) is 20.2. The first-order chi connectivity index (χ1) is 28.7. The Balaban J connectivity index is 0.919. The van der Waals surface area contributed by atoms with Crippen LogP contribution < -0.4 is 5.32 Å². The summed E-state index contributed by atoms with van der Waals surface area (Å²) in [7, 11) is 0. The molecule has 0 bridgehead atoms. The van der Waals surface area contributed by atoms with Gasteiger partial charge in [0.1, 0.15) is 22.8 Å². The Labute approximate surface area is 335 Å². The zero-order chi connectivity index (χ0) is 38.0. The third-order valence-electron chi connectivity index (χ3n) is 13.2. The number of furan rings is 1. The lowest BCUT2D eigenvalue weighted by Crippen LogP contribution is -2.36. The Hall–Kier alpha value is -7.30.